The summed E-state index contributed by atoms with van der Waals surface area (Å²) in [5.74, 6) is 1.50. The topological polar surface area (TPSA) is 69.0 Å². The fourth-order valence-corrected chi connectivity index (χ4v) is 5.49. The number of amides is 1. The van der Waals surface area contributed by atoms with Gasteiger partial charge in [0, 0.05) is 26.8 Å². The molecule has 0 unspecified atom stereocenters. The molecule has 6 nitrogen and oxygen atoms in total. The van der Waals surface area contributed by atoms with Crippen LogP contribution in [0, 0.1) is 6.92 Å². The van der Waals surface area contributed by atoms with Gasteiger partial charge in [0.25, 0.3) is 0 Å². The van der Waals surface area contributed by atoms with Crippen LogP contribution in [0.1, 0.15) is 49.5 Å². The summed E-state index contributed by atoms with van der Waals surface area (Å²) in [7, 11) is 0. The van der Waals surface area contributed by atoms with Crippen LogP contribution in [0.2, 0.25) is 15.1 Å². The Kier molecular flexibility index (Phi) is 8.64. The Bertz CT molecular complexity index is 1140. The van der Waals surface area contributed by atoms with Gasteiger partial charge in [0.1, 0.15) is 12.4 Å². The molecule has 1 fully saturated rings. The van der Waals surface area contributed by atoms with Crippen LogP contribution in [-0.2, 0) is 11.4 Å². The summed E-state index contributed by atoms with van der Waals surface area (Å²) in [4.78, 5) is 12.6. The van der Waals surface area contributed by atoms with Crippen LogP contribution >= 0.6 is 46.6 Å². The summed E-state index contributed by atoms with van der Waals surface area (Å²) >= 11 is 19.5. The Hall–Kier alpha value is -1.93. The van der Waals surface area contributed by atoms with E-state index in [1.807, 2.05) is 25.1 Å². The highest BCUT2D eigenvalue weighted by Crippen LogP contribution is 2.33. The number of hydrogen-bond donors (Lipinski definition) is 1. The normalized spacial score (nSPS) is 14.2. The number of thioether (sulfide) groups is 1. The number of carbonyl (C=O) groups excluding carboxylic acids is 1. The number of hydrogen-bond acceptors (Lipinski definition) is 5. The van der Waals surface area contributed by atoms with E-state index < -0.39 is 0 Å². The van der Waals surface area contributed by atoms with Crippen molar-refractivity contribution in [3.63, 3.8) is 0 Å². The lowest BCUT2D eigenvalue weighted by atomic mass is 9.95. The number of nitrogens with one attached hydrogen (secondary N) is 1. The average molecular weight is 540 g/mol. The van der Waals surface area contributed by atoms with Crippen LogP contribution < -0.4 is 10.1 Å². The Morgan fingerprint density at radius 1 is 1.09 bits per heavy atom. The van der Waals surface area contributed by atoms with Gasteiger partial charge in [-0.2, -0.15) is 0 Å². The summed E-state index contributed by atoms with van der Waals surface area (Å²) in [6.45, 7) is 2.23. The molecule has 0 atom stereocenters. The summed E-state index contributed by atoms with van der Waals surface area (Å²) in [6.07, 6.45) is 5.69. The van der Waals surface area contributed by atoms with Gasteiger partial charge in [0.2, 0.25) is 5.91 Å². The van der Waals surface area contributed by atoms with E-state index >= 15 is 0 Å². The first-order valence-electron chi connectivity index (χ1n) is 11.1. The van der Waals surface area contributed by atoms with Gasteiger partial charge in [-0.3, -0.25) is 9.36 Å². The van der Waals surface area contributed by atoms with Gasteiger partial charge in [-0.05, 0) is 61.7 Å². The molecular formula is C24H25Cl3N4O2S. The molecule has 1 N–H and O–H groups in total. The molecule has 1 aromatic heterocycles. The number of anilines is 1. The standard InChI is InChI=1S/C24H25Cl3N4O2S/c1-15-9-20(7-8-21(15)27)33-13-22-29-30-24(31(22)19-5-3-2-4-6-19)34-14-23(32)28-18-11-16(25)10-17(26)12-18/h7-12,19H,2-6,13-14H2,1H3,(H,28,32). The third-order valence-corrected chi connectivity index (χ3v) is 7.45. The van der Waals surface area contributed by atoms with Crippen molar-refractivity contribution in [2.24, 2.45) is 0 Å². The predicted molar refractivity (Wildman–Crippen MR) is 138 cm³/mol. The minimum Gasteiger partial charge on any atom is -0.486 e. The molecule has 4 rings (SSSR count). The summed E-state index contributed by atoms with van der Waals surface area (Å²) in [5, 5.41) is 14.0. The maximum Gasteiger partial charge on any atom is 0.234 e. The second-order valence-corrected chi connectivity index (χ2v) is 10.5. The fourth-order valence-electron chi connectivity index (χ4n) is 4.02. The van der Waals surface area contributed by atoms with Crippen molar-refractivity contribution in [1.82, 2.24) is 14.8 Å². The smallest absolute Gasteiger partial charge is 0.234 e. The molecular weight excluding hydrogens is 515 g/mol. The van der Waals surface area contributed by atoms with Crippen molar-refractivity contribution < 1.29 is 9.53 Å². The molecule has 2 aromatic carbocycles. The molecule has 1 aliphatic rings. The molecule has 180 valence electrons. The SMILES string of the molecule is Cc1cc(OCc2nnc(SCC(=O)Nc3cc(Cl)cc(Cl)c3)n2C2CCCCC2)ccc1Cl. The zero-order chi connectivity index (χ0) is 24.1. The Labute approximate surface area is 218 Å². The Morgan fingerprint density at radius 3 is 2.53 bits per heavy atom. The monoisotopic (exact) mass is 538 g/mol. The van der Waals surface area contributed by atoms with Crippen LogP contribution in [0.15, 0.2) is 41.6 Å². The first-order chi connectivity index (χ1) is 16.4. The van der Waals surface area contributed by atoms with E-state index in [0.29, 0.717) is 33.4 Å². The summed E-state index contributed by atoms with van der Waals surface area (Å²) < 4.78 is 8.15. The molecule has 1 saturated carbocycles. The van der Waals surface area contributed by atoms with Crippen molar-refractivity contribution in [2.45, 2.75) is 56.8 Å². The zero-order valence-corrected chi connectivity index (χ0v) is 21.8. The molecule has 34 heavy (non-hydrogen) atoms. The first-order valence-corrected chi connectivity index (χ1v) is 13.2. The average Bonchev–Trinajstić information content (AvgIpc) is 3.21. The second kappa shape index (κ2) is 11.7. The minimum absolute atomic E-state index is 0.170. The lowest BCUT2D eigenvalue weighted by molar-refractivity contribution is -0.113. The largest absolute Gasteiger partial charge is 0.486 e. The van der Waals surface area contributed by atoms with Gasteiger partial charge in [0.05, 0.1) is 5.75 Å². The number of aromatic nitrogens is 3. The van der Waals surface area contributed by atoms with Gasteiger partial charge in [-0.15, -0.1) is 10.2 Å². The number of rotatable bonds is 8. The molecule has 10 heteroatoms. The molecule has 0 bridgehead atoms. The molecule has 0 saturated heterocycles. The van der Waals surface area contributed by atoms with Gasteiger partial charge in [-0.25, -0.2) is 0 Å². The van der Waals surface area contributed by atoms with Crippen LogP contribution in [0.5, 0.6) is 5.75 Å². The Balaban J connectivity index is 1.46. The summed E-state index contributed by atoms with van der Waals surface area (Å²) in [5.41, 5.74) is 1.51. The minimum atomic E-state index is -0.170. The summed E-state index contributed by atoms with van der Waals surface area (Å²) in [6, 6.07) is 10.8. The Morgan fingerprint density at radius 2 is 1.82 bits per heavy atom. The quantitative estimate of drug-likeness (QED) is 0.303. The van der Waals surface area contributed by atoms with Crippen LogP contribution in [-0.4, -0.2) is 26.4 Å². The van der Waals surface area contributed by atoms with E-state index in [4.69, 9.17) is 39.5 Å². The van der Waals surface area contributed by atoms with E-state index in [2.05, 4.69) is 20.1 Å². The van der Waals surface area contributed by atoms with Crippen molar-refractivity contribution in [3.05, 3.63) is 62.9 Å². The lowest BCUT2D eigenvalue weighted by Gasteiger charge is -2.25. The fraction of sp³-hybridized carbons (Fsp3) is 0.375. The third kappa shape index (κ3) is 6.60. The highest BCUT2D eigenvalue weighted by molar-refractivity contribution is 7.99. The predicted octanol–water partition coefficient (Wildman–Crippen LogP) is 7.36. The maximum absolute atomic E-state index is 12.6. The van der Waals surface area contributed by atoms with E-state index in [-0.39, 0.29) is 11.7 Å². The van der Waals surface area contributed by atoms with Gasteiger partial charge in [0.15, 0.2) is 11.0 Å². The zero-order valence-electron chi connectivity index (χ0n) is 18.7. The van der Waals surface area contributed by atoms with E-state index in [0.717, 1.165) is 35.1 Å². The molecule has 0 radical (unpaired) electrons. The second-order valence-electron chi connectivity index (χ2n) is 8.26. The van der Waals surface area contributed by atoms with Crippen molar-refractivity contribution in [3.8, 4) is 5.75 Å². The maximum atomic E-state index is 12.6. The van der Waals surface area contributed by atoms with E-state index in [1.165, 1.54) is 31.0 Å². The van der Waals surface area contributed by atoms with Gasteiger partial charge >= 0.3 is 0 Å². The molecule has 1 heterocycles. The van der Waals surface area contributed by atoms with Crippen molar-refractivity contribution in [1.29, 1.82) is 0 Å². The van der Waals surface area contributed by atoms with Crippen LogP contribution in [0.4, 0.5) is 5.69 Å². The van der Waals surface area contributed by atoms with Crippen molar-refractivity contribution in [2.75, 3.05) is 11.1 Å². The number of carbonyl (C=O) groups is 1. The third-order valence-electron chi connectivity index (χ3n) is 5.65. The molecule has 0 spiro atoms. The van der Waals surface area contributed by atoms with Crippen LogP contribution in [0.25, 0.3) is 0 Å². The van der Waals surface area contributed by atoms with Crippen LogP contribution in [0.3, 0.4) is 0 Å². The molecule has 1 aliphatic carbocycles. The van der Waals surface area contributed by atoms with E-state index in [9.17, 15) is 4.79 Å². The first kappa shape index (κ1) is 25.2. The number of benzene rings is 2. The highest BCUT2D eigenvalue weighted by atomic mass is 35.5. The van der Waals surface area contributed by atoms with Crippen molar-refractivity contribution >= 4 is 58.2 Å². The molecule has 3 aromatic rings. The molecule has 0 aliphatic heterocycles. The number of ether oxygens (including phenoxy) is 1. The van der Waals surface area contributed by atoms with E-state index in [1.54, 1.807) is 18.2 Å². The number of nitrogens with zero attached hydrogens (tertiary/aromatic N) is 3. The highest BCUT2D eigenvalue weighted by Gasteiger charge is 2.24. The lowest BCUT2D eigenvalue weighted by Crippen LogP contribution is -2.19. The van der Waals surface area contributed by atoms with Gasteiger partial charge in [-0.1, -0.05) is 65.8 Å². The van der Waals surface area contributed by atoms with Gasteiger partial charge < -0.3 is 10.1 Å². The molecule has 1 amide bonds. The number of aryl methyl sites for hydroxylation is 1. The number of halogens is 3.